The highest BCUT2D eigenvalue weighted by Crippen LogP contribution is 2.23. The molecule has 1 saturated heterocycles. The van der Waals surface area contributed by atoms with E-state index >= 15 is 0 Å². The van der Waals surface area contributed by atoms with Crippen LogP contribution in [0.2, 0.25) is 0 Å². The summed E-state index contributed by atoms with van der Waals surface area (Å²) in [7, 11) is 0. The van der Waals surface area contributed by atoms with Gasteiger partial charge in [0.05, 0.1) is 11.4 Å². The van der Waals surface area contributed by atoms with Crippen molar-refractivity contribution < 1.29 is 14.4 Å². The van der Waals surface area contributed by atoms with Crippen LogP contribution in [0.3, 0.4) is 0 Å². The Bertz CT molecular complexity index is 1230. The lowest BCUT2D eigenvalue weighted by Crippen LogP contribution is -2.49. The van der Waals surface area contributed by atoms with Gasteiger partial charge in [-0.25, -0.2) is 4.79 Å². The third kappa shape index (κ3) is 4.93. The molecule has 1 aliphatic heterocycles. The molecule has 10 nitrogen and oxygen atoms in total. The molecule has 3 aromatic rings. The van der Waals surface area contributed by atoms with Gasteiger partial charge >= 0.3 is 6.03 Å². The smallest absolute Gasteiger partial charge is 0.322 e. The van der Waals surface area contributed by atoms with Crippen LogP contribution in [0, 0.1) is 13.8 Å². The fourth-order valence-electron chi connectivity index (χ4n) is 3.57. The molecule has 0 unspecified atom stereocenters. The number of aryl methyl sites for hydroxylation is 3. The molecule has 176 valence electrons. The summed E-state index contributed by atoms with van der Waals surface area (Å²) in [6.45, 7) is 5.67. The van der Waals surface area contributed by atoms with Crippen LogP contribution in [-0.4, -0.2) is 54.4 Å². The number of hydrazine groups is 1. The first-order chi connectivity index (χ1) is 16.3. The van der Waals surface area contributed by atoms with E-state index in [-0.39, 0.29) is 5.75 Å². The second-order valence-corrected chi connectivity index (χ2v) is 9.30. The van der Waals surface area contributed by atoms with Crippen LogP contribution in [0.1, 0.15) is 30.0 Å². The molecule has 0 spiro atoms. The lowest BCUT2D eigenvalue weighted by molar-refractivity contribution is -0.138. The van der Waals surface area contributed by atoms with Gasteiger partial charge in [-0.15, -0.1) is 5.10 Å². The van der Waals surface area contributed by atoms with Gasteiger partial charge in [0.1, 0.15) is 5.54 Å². The van der Waals surface area contributed by atoms with Crippen molar-refractivity contribution in [3.05, 3.63) is 65.2 Å². The van der Waals surface area contributed by atoms with Crippen molar-refractivity contribution in [1.82, 2.24) is 36.0 Å². The third-order valence-corrected chi connectivity index (χ3v) is 6.68. The highest BCUT2D eigenvalue weighted by Gasteiger charge is 2.48. The van der Waals surface area contributed by atoms with E-state index in [1.165, 1.54) is 0 Å². The zero-order valence-corrected chi connectivity index (χ0v) is 19.9. The summed E-state index contributed by atoms with van der Waals surface area (Å²) in [6, 6.07) is 14.9. The molecule has 2 heterocycles. The van der Waals surface area contributed by atoms with E-state index in [1.54, 1.807) is 11.6 Å². The first-order valence-corrected chi connectivity index (χ1v) is 11.7. The van der Waals surface area contributed by atoms with Gasteiger partial charge in [0, 0.05) is 0 Å². The normalized spacial score (nSPS) is 17.7. The highest BCUT2D eigenvalue weighted by atomic mass is 32.2. The summed E-state index contributed by atoms with van der Waals surface area (Å²) in [6.07, 6.45) is 1.02. The number of carbonyl (C=O) groups is 3. The number of hydrogen-bond donors (Lipinski definition) is 2. The Labute approximate surface area is 201 Å². The van der Waals surface area contributed by atoms with Crippen LogP contribution >= 0.6 is 11.8 Å². The number of amides is 4. The maximum Gasteiger partial charge on any atom is 0.344 e. The van der Waals surface area contributed by atoms with E-state index in [2.05, 4.69) is 26.3 Å². The minimum atomic E-state index is -1.10. The number of hydrogen-bond acceptors (Lipinski definition) is 7. The topological polar surface area (TPSA) is 122 Å². The summed E-state index contributed by atoms with van der Waals surface area (Å²) in [5.41, 5.74) is 5.39. The minimum absolute atomic E-state index is 0.0804. The van der Waals surface area contributed by atoms with E-state index < -0.39 is 23.4 Å². The zero-order chi connectivity index (χ0) is 24.3. The molecule has 34 heavy (non-hydrogen) atoms. The van der Waals surface area contributed by atoms with Gasteiger partial charge in [-0.05, 0) is 72.9 Å². The van der Waals surface area contributed by atoms with Crippen LogP contribution in [0.15, 0.2) is 53.7 Å². The van der Waals surface area contributed by atoms with Gasteiger partial charge in [-0.2, -0.15) is 9.69 Å². The third-order valence-electron chi connectivity index (χ3n) is 5.76. The predicted octanol–water partition coefficient (Wildman–Crippen LogP) is 2.35. The second kappa shape index (κ2) is 9.64. The van der Waals surface area contributed by atoms with Crippen LogP contribution in [0.5, 0.6) is 0 Å². The Morgan fingerprint density at radius 3 is 2.62 bits per heavy atom. The van der Waals surface area contributed by atoms with E-state index in [4.69, 9.17) is 0 Å². The average molecular weight is 480 g/mol. The van der Waals surface area contributed by atoms with Crippen molar-refractivity contribution in [2.45, 2.75) is 44.3 Å². The van der Waals surface area contributed by atoms with Crippen LogP contribution in [0.25, 0.3) is 5.69 Å². The van der Waals surface area contributed by atoms with Crippen molar-refractivity contribution in [2.24, 2.45) is 0 Å². The van der Waals surface area contributed by atoms with E-state index in [1.807, 2.05) is 62.4 Å². The molecule has 4 amide bonds. The lowest BCUT2D eigenvalue weighted by atomic mass is 9.93. The number of urea groups is 1. The molecule has 0 aliphatic carbocycles. The molecule has 1 atom stereocenters. The summed E-state index contributed by atoms with van der Waals surface area (Å²) in [5.74, 6) is -1.09. The number of imide groups is 1. The Hall–Kier alpha value is -3.73. The van der Waals surface area contributed by atoms with E-state index in [9.17, 15) is 14.4 Å². The van der Waals surface area contributed by atoms with E-state index in [0.717, 1.165) is 39.1 Å². The van der Waals surface area contributed by atoms with Crippen molar-refractivity contribution in [2.75, 3.05) is 5.75 Å². The van der Waals surface area contributed by atoms with Crippen molar-refractivity contribution >= 4 is 29.6 Å². The summed E-state index contributed by atoms with van der Waals surface area (Å²) < 4.78 is 1.54. The molecule has 1 fully saturated rings. The van der Waals surface area contributed by atoms with Gasteiger partial charge < -0.3 is 5.32 Å². The Kier molecular flexibility index (Phi) is 6.64. The van der Waals surface area contributed by atoms with Gasteiger partial charge in [0.15, 0.2) is 0 Å². The fourth-order valence-corrected chi connectivity index (χ4v) is 4.25. The Morgan fingerprint density at radius 2 is 1.88 bits per heavy atom. The number of thioether (sulfide) groups is 1. The van der Waals surface area contributed by atoms with Crippen LogP contribution < -0.4 is 10.7 Å². The molecule has 4 rings (SSSR count). The molecule has 2 aromatic carbocycles. The van der Waals surface area contributed by atoms with Gasteiger partial charge in [-0.3, -0.25) is 15.0 Å². The van der Waals surface area contributed by atoms with Gasteiger partial charge in [0.25, 0.3) is 5.91 Å². The maximum atomic E-state index is 12.9. The SMILES string of the molecule is Cc1ccc(-n2nnnc2SCC(=O)NN2C(=O)N[C@](C)(CCc3ccccc3)C2=O)cc1C. The fraction of sp³-hybridized carbons (Fsp3) is 0.304. The van der Waals surface area contributed by atoms with E-state index in [0.29, 0.717) is 18.0 Å². The molecule has 0 bridgehead atoms. The van der Waals surface area contributed by atoms with Crippen LogP contribution in [0.4, 0.5) is 4.79 Å². The number of carbonyl (C=O) groups excluding carboxylic acids is 3. The molecule has 11 heteroatoms. The van der Waals surface area contributed by atoms with Crippen molar-refractivity contribution in [3.8, 4) is 5.69 Å². The lowest BCUT2D eigenvalue weighted by Gasteiger charge is -2.21. The summed E-state index contributed by atoms with van der Waals surface area (Å²) in [5, 5.41) is 15.5. The Balaban J connectivity index is 1.35. The summed E-state index contributed by atoms with van der Waals surface area (Å²) in [4.78, 5) is 37.9. The number of rotatable bonds is 8. The quantitative estimate of drug-likeness (QED) is 0.376. The molecule has 2 N–H and O–H groups in total. The standard InChI is InChI=1S/C23H25N7O3S/c1-15-9-10-18(13-16(15)2)29-22(25-27-28-29)34-14-19(31)26-30-20(32)23(3,24-21(30)33)12-11-17-7-5-4-6-8-17/h4-10,13H,11-12,14H2,1-3H3,(H,24,33)(H,26,31)/t23-/m1/s1. The largest absolute Gasteiger partial charge is 0.344 e. The van der Waals surface area contributed by atoms with Crippen molar-refractivity contribution in [1.29, 1.82) is 0 Å². The Morgan fingerprint density at radius 1 is 1.12 bits per heavy atom. The highest BCUT2D eigenvalue weighted by molar-refractivity contribution is 7.99. The number of nitrogens with zero attached hydrogens (tertiary/aromatic N) is 5. The van der Waals surface area contributed by atoms with Crippen LogP contribution in [-0.2, 0) is 16.0 Å². The van der Waals surface area contributed by atoms with Gasteiger partial charge in [0.2, 0.25) is 11.1 Å². The summed E-state index contributed by atoms with van der Waals surface area (Å²) >= 11 is 1.11. The monoisotopic (exact) mass is 479 g/mol. The van der Waals surface area contributed by atoms with Crippen molar-refractivity contribution in [3.63, 3.8) is 0 Å². The minimum Gasteiger partial charge on any atom is -0.322 e. The zero-order valence-electron chi connectivity index (χ0n) is 19.1. The molecule has 1 aliphatic rings. The molecular weight excluding hydrogens is 454 g/mol. The number of aromatic nitrogens is 4. The first-order valence-electron chi connectivity index (χ1n) is 10.8. The number of benzene rings is 2. The molecule has 0 radical (unpaired) electrons. The predicted molar refractivity (Wildman–Crippen MR) is 126 cm³/mol. The number of nitrogens with one attached hydrogen (secondary N) is 2. The van der Waals surface area contributed by atoms with Gasteiger partial charge in [-0.1, -0.05) is 48.2 Å². The maximum absolute atomic E-state index is 12.9. The molecule has 0 saturated carbocycles. The molecule has 1 aromatic heterocycles. The second-order valence-electron chi connectivity index (χ2n) is 8.35. The molecular formula is C23H25N7O3S. The average Bonchev–Trinajstić information content (AvgIpc) is 3.37. The first kappa shape index (κ1) is 23.4. The number of tetrazole rings is 1.